The molecule has 2 rings (SSSR count). The molecule has 0 fully saturated rings. The minimum absolute atomic E-state index is 0.128. The van der Waals surface area contributed by atoms with Gasteiger partial charge < -0.3 is 10.8 Å². The average molecular weight is 235 g/mol. The molecule has 0 bridgehead atoms. The van der Waals surface area contributed by atoms with Crippen molar-refractivity contribution in [2.75, 3.05) is 5.73 Å². The van der Waals surface area contributed by atoms with Gasteiger partial charge in [0.05, 0.1) is 6.61 Å². The van der Waals surface area contributed by atoms with Crippen LogP contribution in [0, 0.1) is 0 Å². The summed E-state index contributed by atoms with van der Waals surface area (Å²) in [5.74, 6) is 0.346. The third kappa shape index (κ3) is 2.01. The number of hydrogen-bond acceptors (Lipinski definition) is 3. The molecular formula is C12H11ClN2O. The Morgan fingerprint density at radius 3 is 2.75 bits per heavy atom. The molecule has 0 saturated heterocycles. The first-order chi connectivity index (χ1) is 7.72. The summed E-state index contributed by atoms with van der Waals surface area (Å²) in [7, 11) is 0. The van der Waals surface area contributed by atoms with Crippen LogP contribution in [-0.2, 0) is 6.61 Å². The number of aliphatic hydroxyl groups is 1. The lowest BCUT2D eigenvalue weighted by atomic mass is 10.1. The van der Waals surface area contributed by atoms with Crippen LogP contribution >= 0.6 is 11.6 Å². The Bertz CT molecular complexity index is 514. The van der Waals surface area contributed by atoms with Crippen LogP contribution in [0.25, 0.3) is 11.1 Å². The number of nitrogen functional groups attached to an aromatic ring is 1. The van der Waals surface area contributed by atoms with Crippen molar-refractivity contribution in [1.82, 2.24) is 4.98 Å². The number of nitrogens with two attached hydrogens (primary N) is 1. The van der Waals surface area contributed by atoms with Crippen LogP contribution in [0.3, 0.4) is 0 Å². The van der Waals surface area contributed by atoms with Crippen molar-refractivity contribution in [3.63, 3.8) is 0 Å². The fourth-order valence-corrected chi connectivity index (χ4v) is 1.74. The number of pyridine rings is 1. The lowest BCUT2D eigenvalue weighted by Gasteiger charge is -2.07. The zero-order chi connectivity index (χ0) is 11.5. The maximum atomic E-state index is 9.11. The quantitative estimate of drug-likeness (QED) is 0.839. The zero-order valence-corrected chi connectivity index (χ0v) is 9.28. The van der Waals surface area contributed by atoms with E-state index in [2.05, 4.69) is 4.98 Å². The van der Waals surface area contributed by atoms with Gasteiger partial charge in [-0.25, -0.2) is 4.98 Å². The van der Waals surface area contributed by atoms with Gasteiger partial charge in [0.15, 0.2) is 0 Å². The second-order valence-corrected chi connectivity index (χ2v) is 3.81. The standard InChI is InChI=1S/C12H11ClN2O/c13-11-4-2-1-3-10(11)8-5-9(7-16)12(14)15-6-8/h1-6,16H,7H2,(H2,14,15). The van der Waals surface area contributed by atoms with E-state index in [-0.39, 0.29) is 6.61 Å². The van der Waals surface area contributed by atoms with E-state index in [1.54, 1.807) is 12.3 Å². The molecule has 3 N–H and O–H groups in total. The van der Waals surface area contributed by atoms with Gasteiger partial charge in [-0.3, -0.25) is 0 Å². The third-order valence-corrected chi connectivity index (χ3v) is 2.69. The molecule has 0 radical (unpaired) electrons. The third-order valence-electron chi connectivity index (χ3n) is 2.36. The van der Waals surface area contributed by atoms with E-state index >= 15 is 0 Å². The van der Waals surface area contributed by atoms with Crippen molar-refractivity contribution in [1.29, 1.82) is 0 Å². The molecule has 1 aromatic heterocycles. The molecule has 0 unspecified atom stereocenters. The highest BCUT2D eigenvalue weighted by molar-refractivity contribution is 6.33. The van der Waals surface area contributed by atoms with E-state index in [1.807, 2.05) is 24.3 Å². The SMILES string of the molecule is Nc1ncc(-c2ccccc2Cl)cc1CO. The summed E-state index contributed by atoms with van der Waals surface area (Å²) in [5, 5.41) is 9.76. The van der Waals surface area contributed by atoms with Gasteiger partial charge in [0.1, 0.15) is 5.82 Å². The molecule has 0 spiro atoms. The largest absolute Gasteiger partial charge is 0.392 e. The van der Waals surface area contributed by atoms with Gasteiger partial charge in [-0.15, -0.1) is 0 Å². The number of aliphatic hydroxyl groups excluding tert-OH is 1. The number of benzene rings is 1. The molecule has 1 aromatic carbocycles. The van der Waals surface area contributed by atoms with Crippen molar-refractivity contribution in [2.45, 2.75) is 6.61 Å². The summed E-state index contributed by atoms with van der Waals surface area (Å²) < 4.78 is 0. The highest BCUT2D eigenvalue weighted by Crippen LogP contribution is 2.28. The first-order valence-electron chi connectivity index (χ1n) is 4.82. The van der Waals surface area contributed by atoms with E-state index in [1.165, 1.54) is 0 Å². The van der Waals surface area contributed by atoms with E-state index in [9.17, 15) is 0 Å². The van der Waals surface area contributed by atoms with Gasteiger partial charge in [0.25, 0.3) is 0 Å². The van der Waals surface area contributed by atoms with Crippen molar-refractivity contribution >= 4 is 17.4 Å². The van der Waals surface area contributed by atoms with Gasteiger partial charge in [-0.1, -0.05) is 29.8 Å². The number of halogens is 1. The second-order valence-electron chi connectivity index (χ2n) is 3.41. The molecule has 2 aromatic rings. The normalized spacial score (nSPS) is 10.4. The molecule has 82 valence electrons. The van der Waals surface area contributed by atoms with Gasteiger partial charge in [0, 0.05) is 27.9 Å². The number of rotatable bonds is 2. The molecule has 0 saturated carbocycles. The highest BCUT2D eigenvalue weighted by atomic mass is 35.5. The van der Waals surface area contributed by atoms with Gasteiger partial charge in [-0.2, -0.15) is 0 Å². The minimum Gasteiger partial charge on any atom is -0.392 e. The molecule has 4 heteroatoms. The van der Waals surface area contributed by atoms with Gasteiger partial charge >= 0.3 is 0 Å². The van der Waals surface area contributed by atoms with Crippen LogP contribution in [0.15, 0.2) is 36.5 Å². The minimum atomic E-state index is -0.128. The Morgan fingerprint density at radius 2 is 2.06 bits per heavy atom. The number of aromatic nitrogens is 1. The number of hydrogen-bond donors (Lipinski definition) is 2. The number of anilines is 1. The van der Waals surface area contributed by atoms with Gasteiger partial charge in [0.2, 0.25) is 0 Å². The van der Waals surface area contributed by atoms with Crippen LogP contribution in [0.4, 0.5) is 5.82 Å². The Labute approximate surface area is 98.5 Å². The van der Waals surface area contributed by atoms with Crippen LogP contribution in [0.5, 0.6) is 0 Å². The molecule has 0 aliphatic rings. The molecule has 0 amide bonds. The summed E-state index contributed by atoms with van der Waals surface area (Å²) in [6, 6.07) is 9.27. The summed E-state index contributed by atoms with van der Waals surface area (Å²) in [6.07, 6.45) is 1.65. The highest BCUT2D eigenvalue weighted by Gasteiger charge is 2.06. The smallest absolute Gasteiger partial charge is 0.128 e. The molecule has 0 aliphatic heterocycles. The first-order valence-corrected chi connectivity index (χ1v) is 5.20. The fraction of sp³-hybridized carbons (Fsp3) is 0.0833. The zero-order valence-electron chi connectivity index (χ0n) is 8.52. The molecule has 0 atom stereocenters. The maximum absolute atomic E-state index is 9.11. The first kappa shape index (κ1) is 10.9. The van der Waals surface area contributed by atoms with Crippen LogP contribution in [0.2, 0.25) is 5.02 Å². The summed E-state index contributed by atoms with van der Waals surface area (Å²) in [5.41, 5.74) is 7.95. The Kier molecular flexibility index (Phi) is 3.08. The van der Waals surface area contributed by atoms with E-state index < -0.39 is 0 Å². The lowest BCUT2D eigenvalue weighted by molar-refractivity contribution is 0.282. The Hall–Kier alpha value is -1.58. The van der Waals surface area contributed by atoms with Gasteiger partial charge in [-0.05, 0) is 12.1 Å². The maximum Gasteiger partial charge on any atom is 0.128 e. The lowest BCUT2D eigenvalue weighted by Crippen LogP contribution is -1.98. The van der Waals surface area contributed by atoms with Crippen molar-refractivity contribution in [2.24, 2.45) is 0 Å². The topological polar surface area (TPSA) is 59.1 Å². The molecular weight excluding hydrogens is 224 g/mol. The van der Waals surface area contributed by atoms with E-state index in [0.717, 1.165) is 11.1 Å². The average Bonchev–Trinajstić information content (AvgIpc) is 2.31. The predicted molar refractivity (Wildman–Crippen MR) is 65.0 cm³/mol. The summed E-state index contributed by atoms with van der Waals surface area (Å²) >= 11 is 6.07. The number of nitrogens with zero attached hydrogens (tertiary/aromatic N) is 1. The van der Waals surface area contributed by atoms with Crippen molar-refractivity contribution in [3.8, 4) is 11.1 Å². The van der Waals surface area contributed by atoms with Crippen LogP contribution in [0.1, 0.15) is 5.56 Å². The predicted octanol–water partition coefficient (Wildman–Crippen LogP) is 2.48. The Morgan fingerprint density at radius 1 is 1.31 bits per heavy atom. The molecule has 0 aliphatic carbocycles. The van der Waals surface area contributed by atoms with Crippen LogP contribution < -0.4 is 5.73 Å². The fourth-order valence-electron chi connectivity index (χ4n) is 1.49. The molecule has 1 heterocycles. The summed E-state index contributed by atoms with van der Waals surface area (Å²) in [4.78, 5) is 4.03. The van der Waals surface area contributed by atoms with Crippen molar-refractivity contribution in [3.05, 3.63) is 47.1 Å². The molecule has 3 nitrogen and oxygen atoms in total. The van der Waals surface area contributed by atoms with Crippen LogP contribution in [-0.4, -0.2) is 10.1 Å². The second kappa shape index (κ2) is 4.51. The van der Waals surface area contributed by atoms with E-state index in [0.29, 0.717) is 16.4 Å². The monoisotopic (exact) mass is 234 g/mol. The molecule has 16 heavy (non-hydrogen) atoms. The Balaban J connectivity index is 2.53. The summed E-state index contributed by atoms with van der Waals surface area (Å²) in [6.45, 7) is -0.128. The van der Waals surface area contributed by atoms with E-state index in [4.69, 9.17) is 22.4 Å². The van der Waals surface area contributed by atoms with Crippen molar-refractivity contribution < 1.29 is 5.11 Å².